The van der Waals surface area contributed by atoms with Crippen molar-refractivity contribution in [3.63, 3.8) is 0 Å². The van der Waals surface area contributed by atoms with Gasteiger partial charge in [0.15, 0.2) is 0 Å². The number of ether oxygens (including phenoxy) is 1. The van der Waals surface area contributed by atoms with Gasteiger partial charge in [0, 0.05) is 12.6 Å². The molecule has 3 aromatic carbocycles. The highest BCUT2D eigenvalue weighted by molar-refractivity contribution is 7.92. The van der Waals surface area contributed by atoms with Crippen LogP contribution in [0.2, 0.25) is 0 Å². The highest BCUT2D eigenvalue weighted by Gasteiger charge is 2.23. The monoisotopic (exact) mass is 424 g/mol. The molecule has 0 unspecified atom stereocenters. The SMILES string of the molecule is COC(=O)c1ccccc1NC(=O)c1cccc(S(=O)(=O)N(C)c2ccccc2)c1. The highest BCUT2D eigenvalue weighted by Crippen LogP contribution is 2.23. The average Bonchev–Trinajstić information content (AvgIpc) is 2.79. The lowest BCUT2D eigenvalue weighted by Crippen LogP contribution is -2.26. The Labute approximate surface area is 175 Å². The number of amides is 1. The molecule has 3 rings (SSSR count). The molecule has 0 saturated heterocycles. The van der Waals surface area contributed by atoms with E-state index < -0.39 is 21.9 Å². The summed E-state index contributed by atoms with van der Waals surface area (Å²) in [4.78, 5) is 24.6. The van der Waals surface area contributed by atoms with E-state index in [1.807, 2.05) is 0 Å². The molecular weight excluding hydrogens is 404 g/mol. The van der Waals surface area contributed by atoms with Gasteiger partial charge in [0.2, 0.25) is 0 Å². The van der Waals surface area contributed by atoms with Crippen LogP contribution in [-0.4, -0.2) is 34.5 Å². The summed E-state index contributed by atoms with van der Waals surface area (Å²) in [6.07, 6.45) is 0. The topological polar surface area (TPSA) is 92.8 Å². The smallest absolute Gasteiger partial charge is 0.339 e. The molecule has 0 fully saturated rings. The predicted molar refractivity (Wildman–Crippen MR) is 114 cm³/mol. The van der Waals surface area contributed by atoms with Gasteiger partial charge in [-0.2, -0.15) is 0 Å². The lowest BCUT2D eigenvalue weighted by Gasteiger charge is -2.19. The maximum atomic E-state index is 13.0. The van der Waals surface area contributed by atoms with E-state index in [1.165, 1.54) is 44.5 Å². The minimum Gasteiger partial charge on any atom is -0.465 e. The van der Waals surface area contributed by atoms with Crippen molar-refractivity contribution in [3.8, 4) is 0 Å². The van der Waals surface area contributed by atoms with Gasteiger partial charge < -0.3 is 10.1 Å². The summed E-state index contributed by atoms with van der Waals surface area (Å²) >= 11 is 0. The van der Waals surface area contributed by atoms with Gasteiger partial charge in [0.1, 0.15) is 0 Å². The van der Waals surface area contributed by atoms with E-state index in [9.17, 15) is 18.0 Å². The first kappa shape index (κ1) is 21.1. The predicted octanol–water partition coefficient (Wildman–Crippen LogP) is 3.55. The van der Waals surface area contributed by atoms with Crippen LogP contribution in [0.15, 0.2) is 83.8 Å². The third kappa shape index (κ3) is 4.33. The zero-order chi connectivity index (χ0) is 21.7. The molecule has 0 spiro atoms. The van der Waals surface area contributed by atoms with E-state index in [4.69, 9.17) is 4.74 Å². The van der Waals surface area contributed by atoms with E-state index in [-0.39, 0.29) is 21.7 Å². The number of anilines is 2. The molecule has 7 nitrogen and oxygen atoms in total. The Hall–Kier alpha value is -3.65. The van der Waals surface area contributed by atoms with Crippen LogP contribution >= 0.6 is 0 Å². The van der Waals surface area contributed by atoms with Crippen LogP contribution in [0, 0.1) is 0 Å². The summed E-state index contributed by atoms with van der Waals surface area (Å²) in [6.45, 7) is 0. The number of methoxy groups -OCH3 is 1. The van der Waals surface area contributed by atoms with Gasteiger partial charge in [-0.25, -0.2) is 13.2 Å². The second kappa shape index (κ2) is 8.79. The molecule has 0 aliphatic carbocycles. The zero-order valence-electron chi connectivity index (χ0n) is 16.4. The van der Waals surface area contributed by atoms with E-state index in [0.29, 0.717) is 5.69 Å². The molecule has 0 atom stereocenters. The minimum absolute atomic E-state index is 0.0252. The van der Waals surface area contributed by atoms with E-state index >= 15 is 0 Å². The molecule has 30 heavy (non-hydrogen) atoms. The summed E-state index contributed by atoms with van der Waals surface area (Å²) < 4.78 is 31.8. The summed E-state index contributed by atoms with van der Waals surface area (Å²) in [5, 5.41) is 2.63. The van der Waals surface area contributed by atoms with Crippen LogP contribution in [0.5, 0.6) is 0 Å². The Morgan fingerprint density at radius 3 is 2.27 bits per heavy atom. The second-order valence-corrected chi connectivity index (χ2v) is 8.30. The van der Waals surface area contributed by atoms with E-state index in [0.717, 1.165) is 4.31 Å². The highest BCUT2D eigenvalue weighted by atomic mass is 32.2. The van der Waals surface area contributed by atoms with Crippen LogP contribution < -0.4 is 9.62 Å². The Morgan fingerprint density at radius 2 is 1.57 bits per heavy atom. The number of sulfonamides is 1. The first-order valence-electron chi connectivity index (χ1n) is 8.97. The molecular formula is C22H20N2O5S. The lowest BCUT2D eigenvalue weighted by molar-refractivity contribution is 0.0602. The van der Waals surface area contributed by atoms with Crippen LogP contribution in [0.3, 0.4) is 0 Å². The van der Waals surface area contributed by atoms with Gasteiger partial charge in [-0.3, -0.25) is 9.10 Å². The molecule has 0 aliphatic rings. The Kier molecular flexibility index (Phi) is 6.17. The van der Waals surface area contributed by atoms with Crippen molar-refractivity contribution in [2.45, 2.75) is 4.90 Å². The number of hydrogen-bond acceptors (Lipinski definition) is 5. The maximum absolute atomic E-state index is 13.0. The van der Waals surface area contributed by atoms with Gasteiger partial charge in [-0.05, 0) is 42.5 Å². The fourth-order valence-corrected chi connectivity index (χ4v) is 4.05. The fraction of sp³-hybridized carbons (Fsp3) is 0.0909. The summed E-state index contributed by atoms with van der Waals surface area (Å²) in [5.74, 6) is -1.14. The summed E-state index contributed by atoms with van der Waals surface area (Å²) in [5.41, 5.74) is 1.10. The second-order valence-electron chi connectivity index (χ2n) is 6.33. The Morgan fingerprint density at radius 1 is 0.900 bits per heavy atom. The van der Waals surface area contributed by atoms with Crippen molar-refractivity contribution in [3.05, 3.63) is 90.0 Å². The molecule has 0 radical (unpaired) electrons. The van der Waals surface area contributed by atoms with Crippen molar-refractivity contribution in [1.29, 1.82) is 0 Å². The molecule has 0 saturated carbocycles. The standard InChI is InChI=1S/C22H20N2O5S/c1-24(17-10-4-3-5-11-17)30(27,28)18-12-8-9-16(15-18)21(25)23-20-14-7-6-13-19(20)22(26)29-2/h3-15H,1-2H3,(H,23,25). The normalized spacial score (nSPS) is 10.9. The average molecular weight is 424 g/mol. The van der Waals surface area contributed by atoms with Crippen LogP contribution in [0.1, 0.15) is 20.7 Å². The third-order valence-electron chi connectivity index (χ3n) is 4.45. The van der Waals surface area contributed by atoms with Gasteiger partial charge in [0.25, 0.3) is 15.9 Å². The molecule has 0 aliphatic heterocycles. The largest absolute Gasteiger partial charge is 0.465 e. The summed E-state index contributed by atoms with van der Waals surface area (Å²) in [6, 6.07) is 20.7. The molecule has 1 N–H and O–H groups in total. The van der Waals surface area contributed by atoms with Gasteiger partial charge in [0.05, 0.1) is 28.9 Å². The van der Waals surface area contributed by atoms with Crippen molar-refractivity contribution < 1.29 is 22.7 Å². The lowest BCUT2D eigenvalue weighted by atomic mass is 10.1. The third-order valence-corrected chi connectivity index (χ3v) is 6.24. The summed E-state index contributed by atoms with van der Waals surface area (Å²) in [7, 11) is -1.17. The minimum atomic E-state index is -3.87. The van der Waals surface area contributed by atoms with Gasteiger partial charge in [-0.1, -0.05) is 36.4 Å². The number of esters is 1. The van der Waals surface area contributed by atoms with E-state index in [2.05, 4.69) is 5.32 Å². The van der Waals surface area contributed by atoms with Crippen molar-refractivity contribution in [1.82, 2.24) is 0 Å². The first-order chi connectivity index (χ1) is 14.3. The number of carbonyl (C=O) groups is 2. The van der Waals surface area contributed by atoms with Crippen LogP contribution in [0.25, 0.3) is 0 Å². The number of hydrogen-bond donors (Lipinski definition) is 1. The van der Waals surface area contributed by atoms with E-state index in [1.54, 1.807) is 48.5 Å². The molecule has 0 bridgehead atoms. The number of carbonyl (C=O) groups excluding carboxylic acids is 2. The number of nitrogens with zero attached hydrogens (tertiary/aromatic N) is 1. The quantitative estimate of drug-likeness (QED) is 0.611. The van der Waals surface area contributed by atoms with Gasteiger partial charge in [-0.15, -0.1) is 0 Å². The molecule has 0 aromatic heterocycles. The molecule has 1 amide bonds. The number of para-hydroxylation sites is 2. The zero-order valence-corrected chi connectivity index (χ0v) is 17.2. The van der Waals surface area contributed by atoms with Crippen LogP contribution in [0.4, 0.5) is 11.4 Å². The van der Waals surface area contributed by atoms with Crippen LogP contribution in [-0.2, 0) is 14.8 Å². The molecule has 8 heteroatoms. The number of nitrogens with one attached hydrogen (secondary N) is 1. The first-order valence-corrected chi connectivity index (χ1v) is 10.4. The maximum Gasteiger partial charge on any atom is 0.339 e. The van der Waals surface area contributed by atoms with Gasteiger partial charge >= 0.3 is 5.97 Å². The van der Waals surface area contributed by atoms with Crippen molar-refractivity contribution in [2.24, 2.45) is 0 Å². The number of benzene rings is 3. The molecule has 0 heterocycles. The van der Waals surface area contributed by atoms with Crippen molar-refractivity contribution in [2.75, 3.05) is 23.8 Å². The Bertz CT molecular complexity index is 1180. The fourth-order valence-electron chi connectivity index (χ4n) is 2.81. The van der Waals surface area contributed by atoms with Crippen molar-refractivity contribution >= 4 is 33.3 Å². The Balaban J connectivity index is 1.89. The molecule has 154 valence electrons. The molecule has 3 aromatic rings. The number of rotatable bonds is 6.